The zero-order valence-corrected chi connectivity index (χ0v) is 9.63. The summed E-state index contributed by atoms with van der Waals surface area (Å²) in [7, 11) is 0. The van der Waals surface area contributed by atoms with Gasteiger partial charge in [-0.15, -0.1) is 0 Å². The van der Waals surface area contributed by atoms with Crippen LogP contribution in [0, 0.1) is 6.92 Å². The minimum absolute atomic E-state index is 0.168. The van der Waals surface area contributed by atoms with E-state index in [2.05, 4.69) is 0 Å². The van der Waals surface area contributed by atoms with Crippen molar-refractivity contribution >= 4 is 0 Å². The lowest BCUT2D eigenvalue weighted by Gasteiger charge is -2.17. The van der Waals surface area contributed by atoms with Gasteiger partial charge in [-0.3, -0.25) is 0 Å². The van der Waals surface area contributed by atoms with Crippen LogP contribution in [0.3, 0.4) is 0 Å². The molecule has 17 heavy (non-hydrogen) atoms. The number of hydrogen-bond donors (Lipinski definition) is 1. The van der Waals surface area contributed by atoms with Crippen molar-refractivity contribution in [1.82, 2.24) is 0 Å². The number of benzene rings is 1. The van der Waals surface area contributed by atoms with Crippen molar-refractivity contribution in [2.45, 2.75) is 25.6 Å². The van der Waals surface area contributed by atoms with Crippen LogP contribution in [0.25, 0.3) is 0 Å². The fourth-order valence-corrected chi connectivity index (χ4v) is 1.40. The third-order valence-corrected chi connectivity index (χ3v) is 2.37. The summed E-state index contributed by atoms with van der Waals surface area (Å²) in [5.41, 5.74) is 7.38. The van der Waals surface area contributed by atoms with Crippen LogP contribution in [0.4, 0.5) is 13.2 Å². The predicted octanol–water partition coefficient (Wildman–Crippen LogP) is 2.96. The van der Waals surface area contributed by atoms with E-state index in [-0.39, 0.29) is 13.2 Å². The van der Waals surface area contributed by atoms with Crippen molar-refractivity contribution in [2.24, 2.45) is 5.73 Å². The highest BCUT2D eigenvalue weighted by atomic mass is 19.4. The zero-order chi connectivity index (χ0) is 12.9. The zero-order valence-electron chi connectivity index (χ0n) is 9.63. The van der Waals surface area contributed by atoms with Crippen molar-refractivity contribution in [3.8, 4) is 0 Å². The van der Waals surface area contributed by atoms with Gasteiger partial charge >= 0.3 is 6.18 Å². The fraction of sp³-hybridized carbons (Fsp3) is 0.500. The number of aryl methyl sites for hydroxylation is 1. The molecule has 0 saturated carbocycles. The van der Waals surface area contributed by atoms with Gasteiger partial charge in [0.2, 0.25) is 0 Å². The number of rotatable bonds is 5. The first-order chi connectivity index (χ1) is 7.92. The smallest absolute Gasteiger partial charge is 0.372 e. The molecule has 0 amide bonds. The van der Waals surface area contributed by atoms with Gasteiger partial charge in [-0.1, -0.05) is 29.8 Å². The summed E-state index contributed by atoms with van der Waals surface area (Å²) in [5, 5.41) is 0. The molecule has 1 unspecified atom stereocenters. The van der Waals surface area contributed by atoms with Gasteiger partial charge in [0.05, 0.1) is 19.1 Å². The molecular formula is C12H16F3NO. The molecule has 0 aliphatic rings. The summed E-state index contributed by atoms with van der Waals surface area (Å²) in [6.07, 6.45) is -5.61. The normalized spacial score (nSPS) is 13.7. The Hall–Kier alpha value is -1.07. The average molecular weight is 247 g/mol. The molecule has 96 valence electrons. The fourth-order valence-electron chi connectivity index (χ4n) is 1.40. The highest BCUT2D eigenvalue weighted by Gasteiger charge is 2.27. The molecule has 2 N–H and O–H groups in total. The first kappa shape index (κ1) is 14.0. The van der Waals surface area contributed by atoms with Gasteiger partial charge < -0.3 is 10.5 Å². The van der Waals surface area contributed by atoms with Crippen LogP contribution in [0.15, 0.2) is 24.3 Å². The highest BCUT2D eigenvalue weighted by Crippen LogP contribution is 2.22. The van der Waals surface area contributed by atoms with Crippen molar-refractivity contribution < 1.29 is 17.9 Å². The second-order valence-corrected chi connectivity index (χ2v) is 3.87. The lowest BCUT2D eigenvalue weighted by molar-refractivity contribution is -0.149. The molecule has 2 nitrogen and oxygen atoms in total. The van der Waals surface area contributed by atoms with Crippen LogP contribution < -0.4 is 5.73 Å². The van der Waals surface area contributed by atoms with Crippen LogP contribution in [0.1, 0.15) is 23.7 Å². The van der Waals surface area contributed by atoms with E-state index in [1.165, 1.54) is 0 Å². The Bertz CT molecular complexity index is 335. The molecule has 1 aromatic rings. The minimum Gasteiger partial charge on any atom is -0.372 e. The second kappa shape index (κ2) is 6.02. The largest absolute Gasteiger partial charge is 0.391 e. The van der Waals surface area contributed by atoms with Gasteiger partial charge in [0.1, 0.15) is 0 Å². The lowest BCUT2D eigenvalue weighted by Crippen LogP contribution is -2.19. The number of halogens is 3. The van der Waals surface area contributed by atoms with Gasteiger partial charge in [0, 0.05) is 6.54 Å². The van der Waals surface area contributed by atoms with Gasteiger partial charge in [-0.05, 0) is 12.5 Å². The van der Waals surface area contributed by atoms with E-state index in [0.29, 0.717) is 0 Å². The maximum absolute atomic E-state index is 12.0. The van der Waals surface area contributed by atoms with Crippen LogP contribution in [-0.4, -0.2) is 19.3 Å². The lowest BCUT2D eigenvalue weighted by atomic mass is 10.1. The molecule has 0 aliphatic carbocycles. The second-order valence-electron chi connectivity index (χ2n) is 3.87. The van der Waals surface area contributed by atoms with Gasteiger partial charge in [-0.2, -0.15) is 13.2 Å². The molecular weight excluding hydrogens is 231 g/mol. The molecule has 0 heterocycles. The molecule has 0 bridgehead atoms. The maximum Gasteiger partial charge on any atom is 0.391 e. The van der Waals surface area contributed by atoms with E-state index >= 15 is 0 Å². The van der Waals surface area contributed by atoms with E-state index < -0.39 is 18.7 Å². The topological polar surface area (TPSA) is 35.2 Å². The molecule has 0 saturated heterocycles. The quantitative estimate of drug-likeness (QED) is 0.868. The minimum atomic E-state index is -4.19. The van der Waals surface area contributed by atoms with Crippen LogP contribution >= 0.6 is 0 Å². The Balaban J connectivity index is 2.51. The first-order valence-electron chi connectivity index (χ1n) is 5.37. The molecule has 1 aromatic carbocycles. The number of ether oxygens (including phenoxy) is 1. The standard InChI is InChI=1S/C12H16F3NO/c1-9-2-4-10(5-3-9)11(8-16)17-7-6-12(13,14)15/h2-5,11H,6-8,16H2,1H3. The SMILES string of the molecule is Cc1ccc(C(CN)OCCC(F)(F)F)cc1. The summed E-state index contributed by atoms with van der Waals surface area (Å²) in [6, 6.07) is 7.40. The van der Waals surface area contributed by atoms with Crippen LogP contribution in [0.2, 0.25) is 0 Å². The molecule has 0 aliphatic heterocycles. The Morgan fingerprint density at radius 1 is 1.24 bits per heavy atom. The van der Waals surface area contributed by atoms with Gasteiger partial charge in [0.25, 0.3) is 0 Å². The monoisotopic (exact) mass is 247 g/mol. The van der Waals surface area contributed by atoms with Crippen molar-refractivity contribution in [2.75, 3.05) is 13.2 Å². The first-order valence-corrected chi connectivity index (χ1v) is 5.37. The number of hydrogen-bond acceptors (Lipinski definition) is 2. The molecule has 5 heteroatoms. The summed E-state index contributed by atoms with van der Waals surface area (Å²) < 4.78 is 41.0. The predicted molar refractivity (Wildman–Crippen MR) is 59.6 cm³/mol. The third kappa shape index (κ3) is 5.19. The average Bonchev–Trinajstić information content (AvgIpc) is 2.24. The Morgan fingerprint density at radius 3 is 2.29 bits per heavy atom. The summed E-state index contributed by atoms with van der Waals surface area (Å²) in [4.78, 5) is 0. The van der Waals surface area contributed by atoms with Gasteiger partial charge in [0.15, 0.2) is 0 Å². The van der Waals surface area contributed by atoms with E-state index in [4.69, 9.17) is 10.5 Å². The Morgan fingerprint density at radius 2 is 1.82 bits per heavy atom. The van der Waals surface area contributed by atoms with Crippen molar-refractivity contribution in [1.29, 1.82) is 0 Å². The van der Waals surface area contributed by atoms with E-state index in [1.54, 1.807) is 0 Å². The molecule has 0 spiro atoms. The van der Waals surface area contributed by atoms with Crippen LogP contribution in [0.5, 0.6) is 0 Å². The van der Waals surface area contributed by atoms with E-state index in [9.17, 15) is 13.2 Å². The molecule has 1 rings (SSSR count). The van der Waals surface area contributed by atoms with Crippen LogP contribution in [-0.2, 0) is 4.74 Å². The molecule has 0 radical (unpaired) electrons. The molecule has 1 atom stereocenters. The highest BCUT2D eigenvalue weighted by molar-refractivity contribution is 5.23. The Labute approximate surface area is 98.6 Å². The van der Waals surface area contributed by atoms with Crippen molar-refractivity contribution in [3.05, 3.63) is 35.4 Å². The number of alkyl halides is 3. The van der Waals surface area contributed by atoms with Crippen molar-refractivity contribution in [3.63, 3.8) is 0 Å². The molecule has 0 aromatic heterocycles. The summed E-state index contributed by atoms with van der Waals surface area (Å²) in [5.74, 6) is 0. The van der Waals surface area contributed by atoms with E-state index in [0.717, 1.165) is 11.1 Å². The Kier molecular flexibility index (Phi) is 4.96. The third-order valence-electron chi connectivity index (χ3n) is 2.37. The molecule has 0 fully saturated rings. The number of nitrogens with two attached hydrogens (primary N) is 1. The van der Waals surface area contributed by atoms with E-state index in [1.807, 2.05) is 31.2 Å². The maximum atomic E-state index is 12.0. The summed E-state index contributed by atoms with van der Waals surface area (Å²) in [6.45, 7) is 1.74. The van der Waals surface area contributed by atoms with Gasteiger partial charge in [-0.25, -0.2) is 0 Å². The summed E-state index contributed by atoms with van der Waals surface area (Å²) >= 11 is 0.